The van der Waals surface area contributed by atoms with Crippen LogP contribution in [0.15, 0.2) is 23.0 Å². The Morgan fingerprint density at radius 3 is 2.89 bits per heavy atom. The van der Waals surface area contributed by atoms with E-state index in [1.807, 2.05) is 0 Å². The number of aromatic hydroxyl groups is 1. The summed E-state index contributed by atoms with van der Waals surface area (Å²) in [4.78, 5) is 16.2. The van der Waals surface area contributed by atoms with E-state index in [0.29, 0.717) is 28.2 Å². The molecule has 0 unspecified atom stereocenters. The van der Waals surface area contributed by atoms with E-state index in [2.05, 4.69) is 10.3 Å². The third kappa shape index (κ3) is 1.71. The van der Waals surface area contributed by atoms with Crippen LogP contribution < -0.4 is 5.32 Å². The average Bonchev–Trinajstić information content (AvgIpc) is 2.97. The lowest BCUT2D eigenvalue weighted by molar-refractivity contribution is -0.110. The van der Waals surface area contributed by atoms with Crippen molar-refractivity contribution in [1.29, 1.82) is 0 Å². The average molecular weight is 256 g/mol. The highest BCUT2D eigenvalue weighted by Gasteiger charge is 2.29. The molecule has 96 valence electrons. The van der Waals surface area contributed by atoms with Gasteiger partial charge in [-0.25, -0.2) is 4.98 Å². The van der Waals surface area contributed by atoms with Crippen LogP contribution in [0.4, 0.5) is 5.82 Å². The van der Waals surface area contributed by atoms with Crippen LogP contribution in [-0.2, 0) is 4.79 Å². The van der Waals surface area contributed by atoms with Crippen molar-refractivity contribution >= 4 is 23.4 Å². The molecule has 3 rings (SSSR count). The lowest BCUT2D eigenvalue weighted by atomic mass is 10.0. The van der Waals surface area contributed by atoms with Crippen LogP contribution in [0.25, 0.3) is 11.6 Å². The van der Waals surface area contributed by atoms with E-state index in [0.717, 1.165) is 5.56 Å². The molecular formula is C14H12N2O3. The Hall–Kier alpha value is -2.56. The topological polar surface area (TPSA) is 75.4 Å². The maximum absolute atomic E-state index is 12.0. The van der Waals surface area contributed by atoms with E-state index in [-0.39, 0.29) is 11.7 Å². The van der Waals surface area contributed by atoms with Gasteiger partial charge in [0.05, 0.1) is 23.8 Å². The van der Waals surface area contributed by atoms with Crippen molar-refractivity contribution in [2.45, 2.75) is 13.8 Å². The summed E-state index contributed by atoms with van der Waals surface area (Å²) >= 11 is 0. The molecule has 5 heteroatoms. The first-order valence-electron chi connectivity index (χ1n) is 5.83. The summed E-state index contributed by atoms with van der Waals surface area (Å²) in [5.41, 5.74) is 3.07. The van der Waals surface area contributed by atoms with Crippen molar-refractivity contribution in [3.05, 3.63) is 41.0 Å². The van der Waals surface area contributed by atoms with Crippen LogP contribution >= 0.6 is 0 Å². The van der Waals surface area contributed by atoms with Gasteiger partial charge in [0.2, 0.25) is 0 Å². The summed E-state index contributed by atoms with van der Waals surface area (Å²) in [5.74, 6) is 0.387. The fourth-order valence-corrected chi connectivity index (χ4v) is 2.21. The summed E-state index contributed by atoms with van der Waals surface area (Å²) in [6.45, 7) is 3.47. The van der Waals surface area contributed by atoms with Crippen molar-refractivity contribution in [2.24, 2.45) is 0 Å². The molecular weight excluding hydrogens is 244 g/mol. The number of carbonyl (C=O) groups excluding carboxylic acids is 1. The van der Waals surface area contributed by atoms with Gasteiger partial charge in [-0.2, -0.15) is 0 Å². The van der Waals surface area contributed by atoms with Gasteiger partial charge in [-0.05, 0) is 26.0 Å². The van der Waals surface area contributed by atoms with Crippen molar-refractivity contribution in [1.82, 2.24) is 4.98 Å². The number of pyridine rings is 1. The van der Waals surface area contributed by atoms with Gasteiger partial charge in [0.15, 0.2) is 0 Å². The minimum Gasteiger partial charge on any atom is -0.506 e. The monoisotopic (exact) mass is 256 g/mol. The van der Waals surface area contributed by atoms with Crippen LogP contribution in [0.1, 0.15) is 22.4 Å². The van der Waals surface area contributed by atoms with Crippen LogP contribution in [0.5, 0.6) is 5.75 Å². The first-order chi connectivity index (χ1) is 9.08. The molecule has 0 aromatic carbocycles. The Morgan fingerprint density at radius 1 is 1.42 bits per heavy atom. The van der Waals surface area contributed by atoms with Crippen LogP contribution in [-0.4, -0.2) is 16.0 Å². The Bertz CT molecular complexity index is 700. The summed E-state index contributed by atoms with van der Waals surface area (Å²) < 4.78 is 4.98. The van der Waals surface area contributed by atoms with E-state index >= 15 is 0 Å². The van der Waals surface area contributed by atoms with Gasteiger partial charge < -0.3 is 14.8 Å². The SMILES string of the molecule is Cc1nc2c(c(C)c1O)/C(=C/c1ccoc1)C(=O)N2. The number of hydrogen-bond acceptors (Lipinski definition) is 4. The summed E-state index contributed by atoms with van der Waals surface area (Å²) in [7, 11) is 0. The van der Waals surface area contributed by atoms with Gasteiger partial charge in [0, 0.05) is 16.7 Å². The second-order valence-corrected chi connectivity index (χ2v) is 4.46. The number of furan rings is 1. The molecule has 0 saturated heterocycles. The summed E-state index contributed by atoms with van der Waals surface area (Å²) in [6, 6.07) is 1.76. The molecule has 1 aliphatic rings. The molecule has 0 saturated carbocycles. The minimum absolute atomic E-state index is 0.119. The number of amides is 1. The molecule has 0 bridgehead atoms. The Morgan fingerprint density at radius 2 is 2.21 bits per heavy atom. The quantitative estimate of drug-likeness (QED) is 0.768. The zero-order valence-electron chi connectivity index (χ0n) is 10.5. The van der Waals surface area contributed by atoms with Gasteiger partial charge in [0.1, 0.15) is 11.6 Å². The lowest BCUT2D eigenvalue weighted by Gasteiger charge is -2.07. The molecule has 1 amide bonds. The van der Waals surface area contributed by atoms with Gasteiger partial charge in [-0.1, -0.05) is 0 Å². The Balaban J connectivity index is 2.22. The second kappa shape index (κ2) is 3.98. The van der Waals surface area contributed by atoms with Gasteiger partial charge >= 0.3 is 0 Å². The number of carbonyl (C=O) groups is 1. The normalized spacial score (nSPS) is 15.7. The molecule has 5 nitrogen and oxygen atoms in total. The van der Waals surface area contributed by atoms with Crippen molar-refractivity contribution < 1.29 is 14.3 Å². The van der Waals surface area contributed by atoms with Crippen LogP contribution in [0, 0.1) is 13.8 Å². The Labute approximate surface area is 109 Å². The molecule has 0 fully saturated rings. The van der Waals surface area contributed by atoms with Crippen molar-refractivity contribution in [3.8, 4) is 5.75 Å². The van der Waals surface area contributed by atoms with Crippen molar-refractivity contribution in [2.75, 3.05) is 5.32 Å². The number of nitrogens with zero attached hydrogens (tertiary/aromatic N) is 1. The molecule has 0 spiro atoms. The molecule has 2 aromatic heterocycles. The van der Waals surface area contributed by atoms with E-state index in [1.165, 1.54) is 6.26 Å². The zero-order chi connectivity index (χ0) is 13.6. The molecule has 3 heterocycles. The van der Waals surface area contributed by atoms with Gasteiger partial charge in [-0.15, -0.1) is 0 Å². The smallest absolute Gasteiger partial charge is 0.257 e. The van der Waals surface area contributed by atoms with E-state index in [9.17, 15) is 9.90 Å². The summed E-state index contributed by atoms with van der Waals surface area (Å²) in [6.07, 6.45) is 4.81. The number of nitrogens with one attached hydrogen (secondary N) is 1. The molecule has 1 aliphatic heterocycles. The predicted octanol–water partition coefficient (Wildman–Crippen LogP) is 2.49. The maximum Gasteiger partial charge on any atom is 0.257 e. The minimum atomic E-state index is -0.225. The number of fused-ring (bicyclic) bond motifs is 1. The number of anilines is 1. The number of rotatable bonds is 1. The highest BCUT2D eigenvalue weighted by molar-refractivity contribution is 6.34. The summed E-state index contributed by atoms with van der Waals surface area (Å²) in [5, 5.41) is 12.7. The van der Waals surface area contributed by atoms with E-state index in [4.69, 9.17) is 4.42 Å². The lowest BCUT2D eigenvalue weighted by Crippen LogP contribution is -2.04. The molecule has 2 aromatic rings. The van der Waals surface area contributed by atoms with Gasteiger partial charge in [-0.3, -0.25) is 4.79 Å². The van der Waals surface area contributed by atoms with Crippen LogP contribution in [0.2, 0.25) is 0 Å². The number of aromatic nitrogens is 1. The first kappa shape index (κ1) is 11.5. The molecule has 0 atom stereocenters. The maximum atomic E-state index is 12.0. The Kier molecular flexibility index (Phi) is 2.41. The van der Waals surface area contributed by atoms with Crippen LogP contribution in [0.3, 0.4) is 0 Å². The van der Waals surface area contributed by atoms with Crippen molar-refractivity contribution in [3.63, 3.8) is 0 Å². The fourth-order valence-electron chi connectivity index (χ4n) is 2.21. The molecule has 2 N–H and O–H groups in total. The fraction of sp³-hybridized carbons (Fsp3) is 0.143. The third-order valence-corrected chi connectivity index (χ3v) is 3.19. The van der Waals surface area contributed by atoms with Gasteiger partial charge in [0.25, 0.3) is 5.91 Å². The molecule has 0 radical (unpaired) electrons. The first-order valence-corrected chi connectivity index (χ1v) is 5.83. The second-order valence-electron chi connectivity index (χ2n) is 4.46. The number of hydrogen-bond donors (Lipinski definition) is 2. The highest BCUT2D eigenvalue weighted by Crippen LogP contribution is 2.38. The standard InChI is InChI=1S/C14H12N2O3/c1-7-11-10(5-9-3-4-19-6-9)14(18)16-13(11)15-8(2)12(7)17/h3-6,17H,1-2H3,(H,15,16,18)/b10-5-. The third-order valence-electron chi connectivity index (χ3n) is 3.19. The zero-order valence-corrected chi connectivity index (χ0v) is 10.5. The van der Waals surface area contributed by atoms with E-state index in [1.54, 1.807) is 32.3 Å². The largest absolute Gasteiger partial charge is 0.506 e. The van der Waals surface area contributed by atoms with E-state index < -0.39 is 0 Å². The highest BCUT2D eigenvalue weighted by atomic mass is 16.3. The molecule has 0 aliphatic carbocycles. The predicted molar refractivity (Wildman–Crippen MR) is 70.6 cm³/mol. The molecule has 19 heavy (non-hydrogen) atoms. The number of aryl methyl sites for hydroxylation is 1.